The van der Waals surface area contributed by atoms with E-state index in [9.17, 15) is 4.79 Å². The van der Waals surface area contributed by atoms with Crippen LogP contribution >= 0.6 is 0 Å². The van der Waals surface area contributed by atoms with Crippen molar-refractivity contribution >= 4 is 17.6 Å². The van der Waals surface area contributed by atoms with E-state index in [0.29, 0.717) is 29.7 Å². The summed E-state index contributed by atoms with van der Waals surface area (Å²) >= 11 is 0. The molecule has 0 saturated heterocycles. The highest BCUT2D eigenvalue weighted by Crippen LogP contribution is 2.18. The standard InChI is InChI=1S/C24H26N4O2/c1-17(2)19-6-4-8-21(14-19)27-24(26-16-18-10-12-25-13-11-18)28-23(29)20-7-5-9-22(15-20)30-3/h4-15,17H,16H2,1-3H3,(H2,26,27,28,29). The number of pyridine rings is 1. The Bertz CT molecular complexity index is 1020. The molecule has 30 heavy (non-hydrogen) atoms. The fourth-order valence-corrected chi connectivity index (χ4v) is 2.83. The van der Waals surface area contributed by atoms with Crippen LogP contribution in [0.5, 0.6) is 5.75 Å². The number of nitrogens with zero attached hydrogens (tertiary/aromatic N) is 2. The first-order chi connectivity index (χ1) is 14.5. The molecule has 0 aliphatic carbocycles. The molecule has 1 amide bonds. The number of benzene rings is 2. The molecule has 0 fully saturated rings. The zero-order valence-corrected chi connectivity index (χ0v) is 17.4. The number of carbonyl (C=O) groups is 1. The molecule has 1 heterocycles. The maximum absolute atomic E-state index is 12.8. The minimum absolute atomic E-state index is 0.269. The third-order valence-electron chi connectivity index (χ3n) is 4.55. The van der Waals surface area contributed by atoms with E-state index < -0.39 is 0 Å². The number of rotatable bonds is 6. The van der Waals surface area contributed by atoms with Crippen LogP contribution in [0.25, 0.3) is 0 Å². The SMILES string of the molecule is COc1cccc(C(=O)NC(=NCc2ccncc2)Nc2cccc(C(C)C)c2)c1. The summed E-state index contributed by atoms with van der Waals surface area (Å²) in [6.07, 6.45) is 3.44. The summed E-state index contributed by atoms with van der Waals surface area (Å²) in [6, 6.07) is 18.9. The van der Waals surface area contributed by atoms with E-state index in [2.05, 4.69) is 46.6 Å². The minimum Gasteiger partial charge on any atom is -0.497 e. The second-order valence-electron chi connectivity index (χ2n) is 7.11. The predicted molar refractivity (Wildman–Crippen MR) is 120 cm³/mol. The van der Waals surface area contributed by atoms with E-state index in [1.807, 2.05) is 24.3 Å². The van der Waals surface area contributed by atoms with E-state index in [0.717, 1.165) is 11.3 Å². The molecule has 1 aromatic heterocycles. The van der Waals surface area contributed by atoms with Gasteiger partial charge in [0.05, 0.1) is 13.7 Å². The zero-order valence-electron chi connectivity index (χ0n) is 17.4. The first-order valence-electron chi connectivity index (χ1n) is 9.81. The van der Waals surface area contributed by atoms with Crippen LogP contribution in [-0.2, 0) is 6.54 Å². The van der Waals surface area contributed by atoms with Gasteiger partial charge in [-0.15, -0.1) is 0 Å². The summed E-state index contributed by atoms with van der Waals surface area (Å²) < 4.78 is 5.21. The van der Waals surface area contributed by atoms with Crippen LogP contribution in [0.2, 0.25) is 0 Å². The lowest BCUT2D eigenvalue weighted by Gasteiger charge is -2.14. The van der Waals surface area contributed by atoms with Gasteiger partial charge >= 0.3 is 0 Å². The maximum Gasteiger partial charge on any atom is 0.258 e. The summed E-state index contributed by atoms with van der Waals surface area (Å²) in [6.45, 7) is 4.69. The lowest BCUT2D eigenvalue weighted by molar-refractivity contribution is 0.0976. The molecule has 3 rings (SSSR count). The fraction of sp³-hybridized carbons (Fsp3) is 0.208. The molecule has 0 bridgehead atoms. The molecule has 0 radical (unpaired) electrons. The number of carbonyl (C=O) groups excluding carboxylic acids is 1. The Hall–Kier alpha value is -3.67. The number of hydrogen-bond acceptors (Lipinski definition) is 4. The highest BCUT2D eigenvalue weighted by atomic mass is 16.5. The molecule has 0 aliphatic heterocycles. The van der Waals surface area contributed by atoms with Crippen LogP contribution in [0.4, 0.5) is 5.69 Å². The number of aliphatic imine (C=N–C) groups is 1. The zero-order chi connectivity index (χ0) is 21.3. The highest BCUT2D eigenvalue weighted by molar-refractivity contribution is 6.10. The van der Waals surface area contributed by atoms with E-state index in [1.165, 1.54) is 5.56 Å². The van der Waals surface area contributed by atoms with Gasteiger partial charge in [-0.1, -0.05) is 32.0 Å². The van der Waals surface area contributed by atoms with Gasteiger partial charge in [-0.05, 0) is 59.5 Å². The molecule has 154 valence electrons. The summed E-state index contributed by atoms with van der Waals surface area (Å²) in [5, 5.41) is 6.13. The van der Waals surface area contributed by atoms with Gasteiger partial charge in [-0.2, -0.15) is 0 Å². The number of methoxy groups -OCH3 is 1. The molecular weight excluding hydrogens is 376 g/mol. The molecule has 0 atom stereocenters. The number of ether oxygens (including phenoxy) is 1. The van der Waals surface area contributed by atoms with Crippen LogP contribution < -0.4 is 15.4 Å². The molecule has 0 unspecified atom stereocenters. The normalized spacial score (nSPS) is 11.3. The molecule has 6 nitrogen and oxygen atoms in total. The summed E-state index contributed by atoms with van der Waals surface area (Å²) in [7, 11) is 1.57. The Morgan fingerprint density at radius 2 is 1.83 bits per heavy atom. The molecule has 2 aromatic carbocycles. The topological polar surface area (TPSA) is 75.6 Å². The van der Waals surface area contributed by atoms with Gasteiger partial charge < -0.3 is 10.1 Å². The van der Waals surface area contributed by atoms with E-state index >= 15 is 0 Å². The number of hydrogen-bond donors (Lipinski definition) is 2. The minimum atomic E-state index is -0.269. The Labute approximate surface area is 177 Å². The third-order valence-corrected chi connectivity index (χ3v) is 4.55. The lowest BCUT2D eigenvalue weighted by atomic mass is 10.0. The summed E-state index contributed by atoms with van der Waals surface area (Å²) in [5.74, 6) is 1.13. The average molecular weight is 402 g/mol. The van der Waals surface area contributed by atoms with Crippen molar-refractivity contribution in [2.45, 2.75) is 26.3 Å². The molecule has 0 spiro atoms. The first-order valence-corrected chi connectivity index (χ1v) is 9.81. The van der Waals surface area contributed by atoms with Gasteiger partial charge in [0.1, 0.15) is 5.75 Å². The van der Waals surface area contributed by atoms with Crippen molar-refractivity contribution in [3.8, 4) is 5.75 Å². The first kappa shape index (κ1) is 21.0. The van der Waals surface area contributed by atoms with Crippen LogP contribution in [0, 0.1) is 0 Å². The van der Waals surface area contributed by atoms with Gasteiger partial charge in [0.25, 0.3) is 5.91 Å². The Morgan fingerprint density at radius 3 is 2.57 bits per heavy atom. The highest BCUT2D eigenvalue weighted by Gasteiger charge is 2.11. The van der Waals surface area contributed by atoms with Crippen LogP contribution in [0.3, 0.4) is 0 Å². The lowest BCUT2D eigenvalue weighted by Crippen LogP contribution is -2.36. The molecule has 2 N–H and O–H groups in total. The van der Waals surface area contributed by atoms with Crippen molar-refractivity contribution in [2.24, 2.45) is 4.99 Å². The van der Waals surface area contributed by atoms with Crippen molar-refractivity contribution < 1.29 is 9.53 Å². The Morgan fingerprint density at radius 1 is 1.07 bits per heavy atom. The van der Waals surface area contributed by atoms with Crippen molar-refractivity contribution in [1.29, 1.82) is 0 Å². The number of nitrogens with one attached hydrogen (secondary N) is 2. The van der Waals surface area contributed by atoms with Crippen LogP contribution in [0.15, 0.2) is 78.0 Å². The van der Waals surface area contributed by atoms with Crippen LogP contribution in [-0.4, -0.2) is 24.0 Å². The van der Waals surface area contributed by atoms with Gasteiger partial charge in [-0.3, -0.25) is 15.1 Å². The van der Waals surface area contributed by atoms with E-state index in [-0.39, 0.29) is 5.91 Å². The number of guanidine groups is 1. The summed E-state index contributed by atoms with van der Waals surface area (Å²) in [5.41, 5.74) is 3.55. The van der Waals surface area contributed by atoms with Gasteiger partial charge in [0, 0.05) is 23.6 Å². The monoisotopic (exact) mass is 402 g/mol. The van der Waals surface area contributed by atoms with Gasteiger partial charge in [-0.25, -0.2) is 4.99 Å². The largest absolute Gasteiger partial charge is 0.497 e. The molecule has 3 aromatic rings. The van der Waals surface area contributed by atoms with Crippen molar-refractivity contribution in [2.75, 3.05) is 12.4 Å². The average Bonchev–Trinajstić information content (AvgIpc) is 2.78. The van der Waals surface area contributed by atoms with E-state index in [1.54, 1.807) is 43.8 Å². The van der Waals surface area contributed by atoms with Crippen molar-refractivity contribution in [3.63, 3.8) is 0 Å². The summed E-state index contributed by atoms with van der Waals surface area (Å²) in [4.78, 5) is 21.4. The molecule has 0 aliphatic rings. The second kappa shape index (κ2) is 10.2. The van der Waals surface area contributed by atoms with Gasteiger partial charge in [0.15, 0.2) is 0 Å². The molecule has 0 saturated carbocycles. The van der Waals surface area contributed by atoms with Gasteiger partial charge in [0.2, 0.25) is 5.96 Å². The molecular formula is C24H26N4O2. The Kier molecular flexibility index (Phi) is 7.16. The number of anilines is 1. The predicted octanol–water partition coefficient (Wildman–Crippen LogP) is 4.61. The molecule has 6 heteroatoms. The second-order valence-corrected chi connectivity index (χ2v) is 7.11. The number of amides is 1. The van der Waals surface area contributed by atoms with Crippen molar-refractivity contribution in [3.05, 3.63) is 89.7 Å². The third kappa shape index (κ3) is 5.91. The quantitative estimate of drug-likeness (QED) is 0.466. The van der Waals surface area contributed by atoms with Crippen LogP contribution in [0.1, 0.15) is 41.3 Å². The fourth-order valence-electron chi connectivity index (χ4n) is 2.83. The Balaban J connectivity index is 1.83. The maximum atomic E-state index is 12.8. The van der Waals surface area contributed by atoms with E-state index in [4.69, 9.17) is 4.74 Å². The smallest absolute Gasteiger partial charge is 0.258 e. The van der Waals surface area contributed by atoms with Crippen molar-refractivity contribution in [1.82, 2.24) is 10.3 Å². The number of aromatic nitrogens is 1.